The van der Waals surface area contributed by atoms with Crippen molar-refractivity contribution >= 4 is 16.9 Å². The average Bonchev–Trinajstić information content (AvgIpc) is 2.84. The molecule has 2 aromatic heterocycles. The molecule has 36 heavy (non-hydrogen) atoms. The van der Waals surface area contributed by atoms with E-state index >= 15 is 0 Å². The highest BCUT2D eigenvalue weighted by molar-refractivity contribution is 6.02. The van der Waals surface area contributed by atoms with Gasteiger partial charge >= 0.3 is 0 Å². The summed E-state index contributed by atoms with van der Waals surface area (Å²) >= 11 is 0. The highest BCUT2D eigenvalue weighted by Crippen LogP contribution is 2.40. The van der Waals surface area contributed by atoms with Crippen LogP contribution in [-0.4, -0.2) is 64.4 Å². The molecule has 0 bridgehead atoms. The fourth-order valence-electron chi connectivity index (χ4n) is 5.23. The second-order valence-electron chi connectivity index (χ2n) is 10.5. The highest BCUT2D eigenvalue weighted by Gasteiger charge is 2.38. The minimum absolute atomic E-state index is 0.0347. The molecule has 190 valence electrons. The normalized spacial score (nSPS) is 18.2. The lowest BCUT2D eigenvalue weighted by Crippen LogP contribution is -2.49. The van der Waals surface area contributed by atoms with Crippen LogP contribution in [0.3, 0.4) is 0 Å². The van der Waals surface area contributed by atoms with Crippen LogP contribution in [-0.2, 0) is 11.3 Å². The lowest BCUT2D eigenvalue weighted by atomic mass is 9.68. The van der Waals surface area contributed by atoms with E-state index < -0.39 is 11.5 Å². The Bertz CT molecular complexity index is 1340. The zero-order chi connectivity index (χ0) is 25.4. The number of ether oxygens (including phenoxy) is 1. The first-order chi connectivity index (χ1) is 17.2. The van der Waals surface area contributed by atoms with Crippen LogP contribution in [0.1, 0.15) is 37.0 Å². The first kappa shape index (κ1) is 24.4. The average molecular weight is 495 g/mol. The van der Waals surface area contributed by atoms with Crippen molar-refractivity contribution in [2.45, 2.75) is 39.3 Å². The number of hydrogen-bond donors (Lipinski definition) is 2. The van der Waals surface area contributed by atoms with Crippen LogP contribution in [0.4, 0.5) is 4.39 Å². The van der Waals surface area contributed by atoms with Gasteiger partial charge in [-0.2, -0.15) is 0 Å². The molecule has 1 aromatic carbocycles. The Morgan fingerprint density at radius 1 is 1.17 bits per heavy atom. The summed E-state index contributed by atoms with van der Waals surface area (Å²) in [7, 11) is 0. The summed E-state index contributed by atoms with van der Waals surface area (Å²) < 4.78 is 20.3. The van der Waals surface area contributed by atoms with Crippen LogP contribution in [0.5, 0.6) is 5.75 Å². The Kier molecular flexibility index (Phi) is 6.53. The van der Waals surface area contributed by atoms with Crippen molar-refractivity contribution in [3.05, 3.63) is 58.3 Å². The van der Waals surface area contributed by atoms with Gasteiger partial charge in [0.1, 0.15) is 22.8 Å². The van der Waals surface area contributed by atoms with Crippen molar-refractivity contribution in [3.63, 3.8) is 0 Å². The third-order valence-electron chi connectivity index (χ3n) is 7.15. The van der Waals surface area contributed by atoms with E-state index in [4.69, 9.17) is 4.74 Å². The molecule has 0 unspecified atom stereocenters. The van der Waals surface area contributed by atoms with Crippen molar-refractivity contribution in [1.82, 2.24) is 19.8 Å². The van der Waals surface area contributed by atoms with Crippen LogP contribution in [0.25, 0.3) is 22.2 Å². The fourth-order valence-corrected chi connectivity index (χ4v) is 5.23. The molecule has 3 aromatic rings. The van der Waals surface area contributed by atoms with Gasteiger partial charge in [0, 0.05) is 44.0 Å². The van der Waals surface area contributed by atoms with E-state index in [9.17, 15) is 19.1 Å². The van der Waals surface area contributed by atoms with Gasteiger partial charge in [-0.3, -0.25) is 19.1 Å². The number of hydrogen-bond acceptors (Lipinski definition) is 6. The van der Waals surface area contributed by atoms with Gasteiger partial charge in [-0.25, -0.2) is 9.37 Å². The maximum atomic E-state index is 13.5. The number of aromatic hydroxyl groups is 1. The lowest BCUT2D eigenvalue weighted by molar-refractivity contribution is 0.0364. The molecule has 1 aliphatic carbocycles. The molecule has 1 aliphatic heterocycles. The maximum Gasteiger partial charge on any atom is 0.268 e. The Hall–Kier alpha value is -3.30. The summed E-state index contributed by atoms with van der Waals surface area (Å²) in [6.07, 6.45) is 3.22. The monoisotopic (exact) mass is 494 g/mol. The number of rotatable bonds is 6. The molecule has 0 spiro atoms. The van der Waals surface area contributed by atoms with Crippen molar-refractivity contribution in [1.29, 1.82) is 0 Å². The topological polar surface area (TPSA) is 96.7 Å². The van der Waals surface area contributed by atoms with Crippen molar-refractivity contribution in [2.24, 2.45) is 5.41 Å². The smallest absolute Gasteiger partial charge is 0.268 e. The molecule has 0 radical (unpaired) electrons. The van der Waals surface area contributed by atoms with Crippen molar-refractivity contribution in [2.75, 3.05) is 32.8 Å². The molecule has 2 N–H and O–H groups in total. The van der Waals surface area contributed by atoms with Gasteiger partial charge in [-0.15, -0.1) is 0 Å². The van der Waals surface area contributed by atoms with Gasteiger partial charge in [-0.1, -0.05) is 26.0 Å². The van der Waals surface area contributed by atoms with Crippen LogP contribution >= 0.6 is 0 Å². The van der Waals surface area contributed by atoms with E-state index in [2.05, 4.69) is 29.0 Å². The molecule has 2 fully saturated rings. The first-order valence-corrected chi connectivity index (χ1v) is 12.3. The van der Waals surface area contributed by atoms with Crippen LogP contribution in [0, 0.1) is 11.2 Å². The summed E-state index contributed by atoms with van der Waals surface area (Å²) in [5.74, 6) is -1.32. The molecule has 8 nitrogen and oxygen atoms in total. The lowest BCUT2D eigenvalue weighted by Gasteiger charge is -2.42. The van der Waals surface area contributed by atoms with E-state index in [0.717, 1.165) is 25.9 Å². The number of amides is 1. The maximum absolute atomic E-state index is 13.5. The van der Waals surface area contributed by atoms with Gasteiger partial charge in [-0.05, 0) is 42.0 Å². The Labute approximate surface area is 208 Å². The molecule has 1 saturated heterocycles. The third kappa shape index (κ3) is 4.85. The van der Waals surface area contributed by atoms with Crippen molar-refractivity contribution < 1.29 is 19.0 Å². The number of nitrogens with zero attached hydrogens (tertiary/aromatic N) is 3. The molecule has 3 heterocycles. The number of halogens is 1. The number of aromatic nitrogens is 2. The number of morpholine rings is 1. The van der Waals surface area contributed by atoms with E-state index in [-0.39, 0.29) is 28.6 Å². The SMILES string of the molecule is CC1(C)CC(NC(=O)c2c(O)c3cc(-c4ccc(F)cc4)cnc3n(CCN3CCOCC3)c2=O)C1. The van der Waals surface area contributed by atoms with Gasteiger partial charge in [0.05, 0.1) is 18.6 Å². The summed E-state index contributed by atoms with van der Waals surface area (Å²) in [6.45, 7) is 7.95. The molecule has 5 rings (SSSR count). The quantitative estimate of drug-likeness (QED) is 0.547. The molecular weight excluding hydrogens is 463 g/mol. The fraction of sp³-hybridized carbons (Fsp3) is 0.444. The number of carbonyl (C=O) groups is 1. The molecule has 1 amide bonds. The van der Waals surface area contributed by atoms with E-state index in [1.54, 1.807) is 24.4 Å². The van der Waals surface area contributed by atoms with Crippen molar-refractivity contribution in [3.8, 4) is 16.9 Å². The number of fused-ring (bicyclic) bond motifs is 1. The second kappa shape index (κ2) is 9.63. The standard InChI is InChI=1S/C27H31FN4O4/c1-27(2)14-20(15-27)30-25(34)22-23(33)21-13-18(17-3-5-19(28)6-4-17)16-29-24(21)32(26(22)35)8-7-31-9-11-36-12-10-31/h3-6,13,16,20,33H,7-12,14-15H2,1-2H3,(H,30,34). The minimum Gasteiger partial charge on any atom is -0.506 e. The summed E-state index contributed by atoms with van der Waals surface area (Å²) in [6, 6.07) is 7.60. The molecule has 9 heteroatoms. The molecule has 0 atom stereocenters. The largest absolute Gasteiger partial charge is 0.506 e. The van der Waals surface area contributed by atoms with Gasteiger partial charge < -0.3 is 15.2 Å². The van der Waals surface area contributed by atoms with E-state index in [0.29, 0.717) is 48.5 Å². The number of nitrogens with one attached hydrogen (secondary N) is 1. The zero-order valence-electron chi connectivity index (χ0n) is 20.6. The van der Waals surface area contributed by atoms with Crippen LogP contribution in [0.2, 0.25) is 0 Å². The highest BCUT2D eigenvalue weighted by atomic mass is 19.1. The van der Waals surface area contributed by atoms with Gasteiger partial charge in [0.2, 0.25) is 0 Å². The summed E-state index contributed by atoms with van der Waals surface area (Å²) in [5, 5.41) is 14.4. The summed E-state index contributed by atoms with van der Waals surface area (Å²) in [5.41, 5.74) is 0.967. The zero-order valence-corrected chi connectivity index (χ0v) is 20.6. The van der Waals surface area contributed by atoms with Crippen LogP contribution in [0.15, 0.2) is 41.3 Å². The number of benzene rings is 1. The summed E-state index contributed by atoms with van der Waals surface area (Å²) in [4.78, 5) is 33.5. The Morgan fingerprint density at radius 2 is 1.86 bits per heavy atom. The predicted molar refractivity (Wildman–Crippen MR) is 135 cm³/mol. The van der Waals surface area contributed by atoms with E-state index in [1.807, 2.05) is 0 Å². The molecular formula is C27H31FN4O4. The Morgan fingerprint density at radius 3 is 2.53 bits per heavy atom. The van der Waals surface area contributed by atoms with Gasteiger partial charge in [0.15, 0.2) is 0 Å². The van der Waals surface area contributed by atoms with E-state index in [1.165, 1.54) is 16.7 Å². The number of pyridine rings is 2. The van der Waals surface area contributed by atoms with Crippen LogP contribution < -0.4 is 10.9 Å². The number of carbonyl (C=O) groups excluding carboxylic acids is 1. The Balaban J connectivity index is 1.56. The molecule has 2 aliphatic rings. The minimum atomic E-state index is -0.577. The van der Waals surface area contributed by atoms with Gasteiger partial charge in [0.25, 0.3) is 11.5 Å². The first-order valence-electron chi connectivity index (χ1n) is 12.3. The second-order valence-corrected chi connectivity index (χ2v) is 10.5. The third-order valence-corrected chi connectivity index (χ3v) is 7.15. The predicted octanol–water partition coefficient (Wildman–Crippen LogP) is 3.16. The molecule has 1 saturated carbocycles.